The Kier molecular flexibility index (Phi) is 6.17. The first kappa shape index (κ1) is 15.3. The number of rotatable bonds is 5. The highest BCUT2D eigenvalue weighted by molar-refractivity contribution is 5.87. The molecule has 0 bridgehead atoms. The molecule has 4 heteroatoms. The van der Waals surface area contributed by atoms with Crippen molar-refractivity contribution in [3.8, 4) is 11.8 Å². The third kappa shape index (κ3) is 4.80. The molecule has 0 fully saturated rings. The van der Waals surface area contributed by atoms with Crippen molar-refractivity contribution < 1.29 is 9.53 Å². The van der Waals surface area contributed by atoms with Crippen LogP contribution >= 0.6 is 0 Å². The van der Waals surface area contributed by atoms with Crippen molar-refractivity contribution >= 4 is 5.97 Å². The highest BCUT2D eigenvalue weighted by Crippen LogP contribution is 2.04. The summed E-state index contributed by atoms with van der Waals surface area (Å²) < 4.78 is 7.01. The molecule has 1 rings (SSSR count). The van der Waals surface area contributed by atoms with Crippen LogP contribution in [-0.4, -0.2) is 41.2 Å². The Balaban J connectivity index is 2.48. The lowest BCUT2D eigenvalue weighted by Crippen LogP contribution is -2.23. The minimum Gasteiger partial charge on any atom is -0.445 e. The molecule has 0 aliphatic carbocycles. The highest BCUT2D eigenvalue weighted by atomic mass is 16.5. The summed E-state index contributed by atoms with van der Waals surface area (Å²) in [4.78, 5) is 14.0. The molecule has 104 valence electrons. The van der Waals surface area contributed by atoms with Gasteiger partial charge in [0, 0.05) is 13.2 Å². The topological polar surface area (TPSA) is 34.5 Å². The first-order chi connectivity index (χ1) is 9.08. The summed E-state index contributed by atoms with van der Waals surface area (Å²) in [6, 6.07) is 3.55. The van der Waals surface area contributed by atoms with E-state index in [1.54, 1.807) is 17.6 Å². The van der Waals surface area contributed by atoms with E-state index in [4.69, 9.17) is 4.74 Å². The van der Waals surface area contributed by atoms with E-state index in [1.165, 1.54) is 0 Å². The molecule has 4 nitrogen and oxygen atoms in total. The van der Waals surface area contributed by atoms with E-state index in [2.05, 4.69) is 30.6 Å². The van der Waals surface area contributed by atoms with E-state index >= 15 is 0 Å². The monoisotopic (exact) mass is 262 g/mol. The summed E-state index contributed by atoms with van der Waals surface area (Å²) >= 11 is 0. The normalized spacial score (nSPS) is 11.8. The molecule has 0 unspecified atom stereocenters. The molecule has 1 heterocycles. The highest BCUT2D eigenvalue weighted by Gasteiger charge is 2.12. The van der Waals surface area contributed by atoms with E-state index < -0.39 is 6.10 Å². The van der Waals surface area contributed by atoms with Crippen LogP contribution in [0.4, 0.5) is 0 Å². The smallest absolute Gasteiger partial charge is 0.356 e. The minimum absolute atomic E-state index is 0.336. The van der Waals surface area contributed by atoms with Gasteiger partial charge in [0.15, 0.2) is 6.10 Å². The predicted molar refractivity (Wildman–Crippen MR) is 75.9 cm³/mol. The van der Waals surface area contributed by atoms with E-state index in [9.17, 15) is 4.79 Å². The number of ether oxygens (including phenoxy) is 1. The van der Waals surface area contributed by atoms with E-state index in [-0.39, 0.29) is 5.97 Å². The molecule has 0 N–H and O–H groups in total. The predicted octanol–water partition coefficient (Wildman–Crippen LogP) is 1.92. The van der Waals surface area contributed by atoms with Gasteiger partial charge in [0.25, 0.3) is 0 Å². The standard InChI is InChI=1S/C15H22N2O2/c1-5-17(6-2)12-7-9-13(3)19-15(18)14-10-8-11-16(14)4/h8,10-11,13H,5-6,12H2,1-4H3/t13-/m1/s1. The zero-order valence-electron chi connectivity index (χ0n) is 12.1. The first-order valence-corrected chi connectivity index (χ1v) is 6.61. The van der Waals surface area contributed by atoms with Crippen molar-refractivity contribution in [2.45, 2.75) is 26.9 Å². The van der Waals surface area contributed by atoms with Crippen molar-refractivity contribution in [2.75, 3.05) is 19.6 Å². The van der Waals surface area contributed by atoms with E-state index in [0.717, 1.165) is 13.1 Å². The number of nitrogens with zero attached hydrogens (tertiary/aromatic N) is 2. The molecule has 1 aromatic heterocycles. The fourth-order valence-corrected chi connectivity index (χ4v) is 1.67. The fraction of sp³-hybridized carbons (Fsp3) is 0.533. The Bertz CT molecular complexity index is 464. The van der Waals surface area contributed by atoms with Gasteiger partial charge in [-0.3, -0.25) is 4.90 Å². The summed E-state index contributed by atoms with van der Waals surface area (Å²) in [6.45, 7) is 8.65. The molecule has 1 aromatic rings. The summed E-state index contributed by atoms with van der Waals surface area (Å²) in [5.41, 5.74) is 0.539. The summed E-state index contributed by atoms with van der Waals surface area (Å²) in [5.74, 6) is 5.66. The number of aromatic nitrogens is 1. The molecular formula is C15H22N2O2. The maximum Gasteiger partial charge on any atom is 0.356 e. The third-order valence-electron chi connectivity index (χ3n) is 2.94. The zero-order chi connectivity index (χ0) is 14.3. The van der Waals surface area contributed by atoms with Gasteiger partial charge in [-0.1, -0.05) is 25.7 Å². The van der Waals surface area contributed by atoms with Crippen LogP contribution in [0.2, 0.25) is 0 Å². The molecule has 1 atom stereocenters. The molecule has 0 radical (unpaired) electrons. The molecular weight excluding hydrogens is 240 g/mol. The Morgan fingerprint density at radius 3 is 2.68 bits per heavy atom. The zero-order valence-corrected chi connectivity index (χ0v) is 12.1. The van der Waals surface area contributed by atoms with Crippen molar-refractivity contribution in [1.82, 2.24) is 9.47 Å². The lowest BCUT2D eigenvalue weighted by molar-refractivity contribution is 0.0427. The van der Waals surface area contributed by atoms with Gasteiger partial charge in [0.05, 0.1) is 6.54 Å². The lowest BCUT2D eigenvalue weighted by Gasteiger charge is -2.13. The molecule has 0 saturated heterocycles. The molecule has 0 aliphatic rings. The SMILES string of the molecule is CCN(CC)CC#C[C@@H](C)OC(=O)c1cccn1C. The van der Waals surface area contributed by atoms with Gasteiger partial charge >= 0.3 is 5.97 Å². The van der Waals surface area contributed by atoms with Gasteiger partial charge in [-0.2, -0.15) is 0 Å². The van der Waals surface area contributed by atoms with Crippen LogP contribution in [0.15, 0.2) is 18.3 Å². The van der Waals surface area contributed by atoms with Crippen molar-refractivity contribution in [3.63, 3.8) is 0 Å². The Hall–Kier alpha value is -1.73. The van der Waals surface area contributed by atoms with Gasteiger partial charge in [0.1, 0.15) is 5.69 Å². The van der Waals surface area contributed by atoms with Crippen LogP contribution in [0.25, 0.3) is 0 Å². The Morgan fingerprint density at radius 2 is 2.16 bits per heavy atom. The average molecular weight is 262 g/mol. The Morgan fingerprint density at radius 1 is 1.47 bits per heavy atom. The van der Waals surface area contributed by atoms with Gasteiger partial charge in [-0.05, 0) is 32.1 Å². The fourth-order valence-electron chi connectivity index (χ4n) is 1.67. The van der Waals surface area contributed by atoms with Gasteiger partial charge in [0.2, 0.25) is 0 Å². The maximum atomic E-state index is 11.8. The summed E-state index contributed by atoms with van der Waals surface area (Å²) in [7, 11) is 1.81. The number of aryl methyl sites for hydroxylation is 1. The minimum atomic E-state index is -0.391. The Labute approximate surface area is 115 Å². The van der Waals surface area contributed by atoms with Crippen LogP contribution in [0.3, 0.4) is 0 Å². The third-order valence-corrected chi connectivity index (χ3v) is 2.94. The number of hydrogen-bond acceptors (Lipinski definition) is 3. The van der Waals surface area contributed by atoms with Gasteiger partial charge in [-0.25, -0.2) is 4.79 Å². The van der Waals surface area contributed by atoms with Gasteiger partial charge in [-0.15, -0.1) is 0 Å². The second-order valence-electron chi connectivity index (χ2n) is 4.33. The maximum absolute atomic E-state index is 11.8. The number of carbonyl (C=O) groups excluding carboxylic acids is 1. The first-order valence-electron chi connectivity index (χ1n) is 6.61. The average Bonchev–Trinajstić information content (AvgIpc) is 2.81. The van der Waals surface area contributed by atoms with E-state index in [1.807, 2.05) is 19.3 Å². The van der Waals surface area contributed by atoms with Crippen molar-refractivity contribution in [2.24, 2.45) is 7.05 Å². The van der Waals surface area contributed by atoms with Gasteiger partial charge < -0.3 is 9.30 Å². The van der Waals surface area contributed by atoms with Crippen molar-refractivity contribution in [1.29, 1.82) is 0 Å². The number of hydrogen-bond donors (Lipinski definition) is 0. The van der Waals surface area contributed by atoms with Crippen LogP contribution in [0.5, 0.6) is 0 Å². The van der Waals surface area contributed by atoms with Crippen LogP contribution in [0, 0.1) is 11.8 Å². The summed E-state index contributed by atoms with van der Waals surface area (Å²) in [6.07, 6.45) is 1.42. The van der Waals surface area contributed by atoms with Crippen LogP contribution in [-0.2, 0) is 11.8 Å². The number of esters is 1. The molecule has 0 aromatic carbocycles. The summed E-state index contributed by atoms with van der Waals surface area (Å²) in [5, 5.41) is 0. The van der Waals surface area contributed by atoms with Crippen LogP contribution < -0.4 is 0 Å². The van der Waals surface area contributed by atoms with Crippen LogP contribution in [0.1, 0.15) is 31.3 Å². The van der Waals surface area contributed by atoms with Crippen molar-refractivity contribution in [3.05, 3.63) is 24.0 Å². The molecule has 19 heavy (non-hydrogen) atoms. The second kappa shape index (κ2) is 7.65. The molecule has 0 amide bonds. The quantitative estimate of drug-likeness (QED) is 0.600. The molecule has 0 saturated carbocycles. The number of carbonyl (C=O) groups is 1. The second-order valence-corrected chi connectivity index (χ2v) is 4.33. The largest absolute Gasteiger partial charge is 0.445 e. The molecule has 0 aliphatic heterocycles. The van der Waals surface area contributed by atoms with E-state index in [0.29, 0.717) is 12.2 Å². The molecule has 0 spiro atoms. The lowest BCUT2D eigenvalue weighted by atomic mass is 10.3.